The van der Waals surface area contributed by atoms with Crippen LogP contribution in [0.5, 0.6) is 0 Å². The van der Waals surface area contributed by atoms with E-state index in [1.54, 1.807) is 7.05 Å². The first-order valence-electron chi connectivity index (χ1n) is 5.09. The third-order valence-electron chi connectivity index (χ3n) is 2.70. The summed E-state index contributed by atoms with van der Waals surface area (Å²) in [6.45, 7) is 3.78. The lowest BCUT2D eigenvalue weighted by molar-refractivity contribution is 0.0659. The molecule has 0 spiro atoms. The summed E-state index contributed by atoms with van der Waals surface area (Å²) in [6, 6.07) is 3.97. The first-order valence-corrected chi connectivity index (χ1v) is 6.58. The fraction of sp³-hybridized carbons (Fsp3) is 0.417. The molecule has 0 saturated carbocycles. The lowest BCUT2D eigenvalue weighted by atomic mass is 10.0. The number of halogens is 3. The first kappa shape index (κ1) is 14.5. The number of nitrogens with zero attached hydrogens (tertiary/aromatic N) is 1. The Labute approximate surface area is 114 Å². The molecule has 1 rings (SSSR count). The van der Waals surface area contributed by atoms with Crippen molar-refractivity contribution in [2.75, 3.05) is 12.4 Å². The number of rotatable bonds is 3. The minimum absolute atomic E-state index is 0.00553. The summed E-state index contributed by atoms with van der Waals surface area (Å²) in [6.07, 6.45) is 0. The molecule has 0 heterocycles. The molecule has 0 aromatic heterocycles. The average Bonchev–Trinajstić information content (AvgIpc) is 2.30. The number of carbonyl (C=O) groups excluding carboxylic acids is 1. The van der Waals surface area contributed by atoms with E-state index >= 15 is 0 Å². The zero-order chi connectivity index (χ0) is 13.2. The Morgan fingerprint density at radius 2 is 2.12 bits per heavy atom. The molecule has 5 heteroatoms. The summed E-state index contributed by atoms with van der Waals surface area (Å²) in [5.74, 6) is -0.939. The molecule has 0 radical (unpaired) electrons. The van der Waals surface area contributed by atoms with Gasteiger partial charge in [-0.15, -0.1) is 0 Å². The molecule has 0 N–H and O–H groups in total. The van der Waals surface area contributed by atoms with Crippen molar-refractivity contribution in [2.24, 2.45) is 0 Å². The molecule has 0 unspecified atom stereocenters. The van der Waals surface area contributed by atoms with E-state index in [1.807, 2.05) is 13.8 Å². The normalized spacial score (nSPS) is 11.4. The molecular weight excluding hydrogens is 308 g/mol. The molecule has 1 amide bonds. The number of benzene rings is 1. The monoisotopic (exact) mass is 321 g/mol. The van der Waals surface area contributed by atoms with Gasteiger partial charge in [0.05, 0.1) is 5.56 Å². The lowest BCUT2D eigenvalue weighted by Crippen LogP contribution is -2.46. The van der Waals surface area contributed by atoms with Gasteiger partial charge in [0.15, 0.2) is 0 Å². The summed E-state index contributed by atoms with van der Waals surface area (Å²) in [5, 5.41) is 0.949. The van der Waals surface area contributed by atoms with Crippen LogP contribution in [0.15, 0.2) is 18.2 Å². The highest BCUT2D eigenvalue weighted by atomic mass is 79.9. The predicted molar refractivity (Wildman–Crippen MR) is 71.4 cm³/mol. The number of hydrogen-bond donors (Lipinski definition) is 0. The van der Waals surface area contributed by atoms with Gasteiger partial charge in [0.1, 0.15) is 5.82 Å². The summed E-state index contributed by atoms with van der Waals surface area (Å²) in [4.78, 5) is 13.6. The van der Waals surface area contributed by atoms with Crippen molar-refractivity contribution < 1.29 is 9.18 Å². The molecule has 0 aliphatic heterocycles. The van der Waals surface area contributed by atoms with Gasteiger partial charge in [-0.2, -0.15) is 0 Å². The first-order chi connectivity index (χ1) is 7.79. The number of alkyl halides is 1. The van der Waals surface area contributed by atoms with Gasteiger partial charge in [0, 0.05) is 22.9 Å². The van der Waals surface area contributed by atoms with Gasteiger partial charge in [-0.1, -0.05) is 27.5 Å². The highest BCUT2D eigenvalue weighted by molar-refractivity contribution is 9.09. The maximum atomic E-state index is 13.6. The Morgan fingerprint density at radius 1 is 1.53 bits per heavy atom. The predicted octanol–water partition coefficient (Wildman–Crippen LogP) is 3.72. The van der Waals surface area contributed by atoms with Crippen molar-refractivity contribution in [3.63, 3.8) is 0 Å². The largest absolute Gasteiger partial charge is 0.336 e. The van der Waals surface area contributed by atoms with Crippen LogP contribution in [0.3, 0.4) is 0 Å². The summed E-state index contributed by atoms with van der Waals surface area (Å²) < 4.78 is 13.6. The number of carbonyl (C=O) groups is 1. The Hall–Kier alpha value is -0.610. The van der Waals surface area contributed by atoms with Crippen LogP contribution < -0.4 is 0 Å². The molecule has 0 fully saturated rings. The summed E-state index contributed by atoms with van der Waals surface area (Å²) in [7, 11) is 1.64. The number of hydrogen-bond acceptors (Lipinski definition) is 1. The van der Waals surface area contributed by atoms with E-state index < -0.39 is 11.4 Å². The highest BCUT2D eigenvalue weighted by Crippen LogP contribution is 2.21. The Bertz CT molecular complexity index is 437. The van der Waals surface area contributed by atoms with Crippen molar-refractivity contribution in [1.29, 1.82) is 0 Å². The van der Waals surface area contributed by atoms with E-state index in [0.717, 1.165) is 0 Å². The van der Waals surface area contributed by atoms with E-state index in [0.29, 0.717) is 10.4 Å². The summed E-state index contributed by atoms with van der Waals surface area (Å²) >= 11 is 9.10. The second-order valence-electron chi connectivity index (χ2n) is 4.43. The van der Waals surface area contributed by atoms with Crippen LogP contribution >= 0.6 is 27.5 Å². The molecular formula is C12H14BrClFNO. The molecule has 94 valence electrons. The maximum absolute atomic E-state index is 13.6. The third kappa shape index (κ3) is 3.19. The minimum atomic E-state index is -0.559. The van der Waals surface area contributed by atoms with Gasteiger partial charge in [-0.3, -0.25) is 4.79 Å². The smallest absolute Gasteiger partial charge is 0.257 e. The Morgan fingerprint density at radius 3 is 2.65 bits per heavy atom. The molecule has 0 aliphatic rings. The van der Waals surface area contributed by atoms with Crippen LogP contribution in [0, 0.1) is 5.82 Å². The molecule has 2 nitrogen and oxygen atoms in total. The van der Waals surface area contributed by atoms with Gasteiger partial charge >= 0.3 is 0 Å². The van der Waals surface area contributed by atoms with Crippen LogP contribution in [0.4, 0.5) is 4.39 Å². The second kappa shape index (κ2) is 5.36. The standard InChI is InChI=1S/C12H14BrClFNO/c1-12(2,7-13)16(3)11(17)9-6-8(14)4-5-10(9)15/h4-6H,7H2,1-3H3. The molecule has 0 atom stereocenters. The van der Waals surface area contributed by atoms with Crippen LogP contribution in [-0.2, 0) is 0 Å². The van der Waals surface area contributed by atoms with Crippen molar-refractivity contribution in [3.05, 3.63) is 34.6 Å². The van der Waals surface area contributed by atoms with E-state index in [-0.39, 0.29) is 11.5 Å². The third-order valence-corrected chi connectivity index (χ3v) is 4.31. The van der Waals surface area contributed by atoms with Crippen LogP contribution in [-0.4, -0.2) is 28.7 Å². The maximum Gasteiger partial charge on any atom is 0.257 e. The van der Waals surface area contributed by atoms with Gasteiger partial charge < -0.3 is 4.90 Å². The molecule has 0 saturated heterocycles. The minimum Gasteiger partial charge on any atom is -0.336 e. The molecule has 0 bridgehead atoms. The molecule has 1 aromatic carbocycles. The van der Waals surface area contributed by atoms with Gasteiger partial charge in [0.2, 0.25) is 0 Å². The van der Waals surface area contributed by atoms with E-state index in [1.165, 1.54) is 23.1 Å². The Balaban J connectivity index is 3.08. The van der Waals surface area contributed by atoms with Crippen molar-refractivity contribution >= 4 is 33.4 Å². The molecule has 0 aliphatic carbocycles. The van der Waals surface area contributed by atoms with Crippen molar-refractivity contribution in [3.8, 4) is 0 Å². The highest BCUT2D eigenvalue weighted by Gasteiger charge is 2.28. The SMILES string of the molecule is CN(C(=O)c1cc(Cl)ccc1F)C(C)(C)CBr. The van der Waals surface area contributed by atoms with E-state index in [2.05, 4.69) is 15.9 Å². The quantitative estimate of drug-likeness (QED) is 0.777. The van der Waals surface area contributed by atoms with Crippen LogP contribution in [0.2, 0.25) is 5.02 Å². The molecule has 1 aromatic rings. The summed E-state index contributed by atoms with van der Waals surface area (Å²) in [5.41, 5.74) is -0.403. The van der Waals surface area contributed by atoms with E-state index in [4.69, 9.17) is 11.6 Å². The Kier molecular flexibility index (Phi) is 4.55. The topological polar surface area (TPSA) is 20.3 Å². The molecule has 17 heavy (non-hydrogen) atoms. The zero-order valence-corrected chi connectivity index (χ0v) is 12.3. The number of amides is 1. The fourth-order valence-corrected chi connectivity index (χ4v) is 1.75. The van der Waals surface area contributed by atoms with Gasteiger partial charge in [-0.05, 0) is 32.0 Å². The van der Waals surface area contributed by atoms with Crippen LogP contribution in [0.25, 0.3) is 0 Å². The average molecular weight is 323 g/mol. The van der Waals surface area contributed by atoms with Crippen molar-refractivity contribution in [1.82, 2.24) is 4.90 Å². The fourth-order valence-electron chi connectivity index (χ4n) is 1.21. The van der Waals surface area contributed by atoms with E-state index in [9.17, 15) is 9.18 Å². The van der Waals surface area contributed by atoms with Gasteiger partial charge in [0.25, 0.3) is 5.91 Å². The van der Waals surface area contributed by atoms with Crippen LogP contribution in [0.1, 0.15) is 24.2 Å². The zero-order valence-electron chi connectivity index (χ0n) is 9.93. The lowest BCUT2D eigenvalue weighted by Gasteiger charge is -2.34. The second-order valence-corrected chi connectivity index (χ2v) is 5.43. The van der Waals surface area contributed by atoms with Crippen molar-refractivity contribution in [2.45, 2.75) is 19.4 Å². The van der Waals surface area contributed by atoms with Gasteiger partial charge in [-0.25, -0.2) is 4.39 Å².